The molecule has 0 heterocycles. The van der Waals surface area contributed by atoms with E-state index in [1.165, 1.54) is 6.42 Å². The van der Waals surface area contributed by atoms with Crippen LogP contribution in [0.3, 0.4) is 0 Å². The lowest BCUT2D eigenvalue weighted by Crippen LogP contribution is -2.40. The van der Waals surface area contributed by atoms with Crippen molar-refractivity contribution in [1.82, 2.24) is 5.32 Å². The zero-order chi connectivity index (χ0) is 9.14. The van der Waals surface area contributed by atoms with Crippen LogP contribution in [0.5, 0.6) is 0 Å². The third kappa shape index (κ3) is 2.48. The van der Waals surface area contributed by atoms with Gasteiger partial charge in [-0.3, -0.25) is 4.79 Å². The van der Waals surface area contributed by atoms with Crippen molar-refractivity contribution < 1.29 is 9.90 Å². The molecule has 3 atom stereocenters. The van der Waals surface area contributed by atoms with E-state index in [2.05, 4.69) is 12.2 Å². The molecule has 1 fully saturated rings. The van der Waals surface area contributed by atoms with Crippen LogP contribution in [-0.4, -0.2) is 23.2 Å². The average Bonchev–Trinajstić information content (AvgIpc) is 2.35. The number of carboxylic acids is 1. The summed E-state index contributed by atoms with van der Waals surface area (Å²) in [5.74, 6) is -0.00181. The molecule has 0 spiro atoms. The van der Waals surface area contributed by atoms with E-state index in [4.69, 9.17) is 5.11 Å². The first-order valence-electron chi connectivity index (χ1n) is 4.58. The molecule has 3 nitrogen and oxygen atoms in total. The fourth-order valence-electron chi connectivity index (χ4n) is 1.78. The predicted octanol–water partition coefficient (Wildman–Crippen LogP) is 1.24. The molecule has 0 bridgehead atoms. The molecule has 2 unspecified atom stereocenters. The zero-order valence-electron chi connectivity index (χ0n) is 7.71. The lowest BCUT2D eigenvalue weighted by molar-refractivity contribution is -0.139. The van der Waals surface area contributed by atoms with Crippen molar-refractivity contribution >= 4 is 5.97 Å². The first-order valence-corrected chi connectivity index (χ1v) is 4.58. The number of aliphatic carboxylic acids is 1. The van der Waals surface area contributed by atoms with Crippen LogP contribution in [0.2, 0.25) is 0 Å². The molecule has 0 amide bonds. The van der Waals surface area contributed by atoms with E-state index in [9.17, 15) is 4.79 Å². The molecule has 1 aliphatic carbocycles. The van der Waals surface area contributed by atoms with Gasteiger partial charge in [0.2, 0.25) is 0 Å². The fourth-order valence-corrected chi connectivity index (χ4v) is 1.78. The van der Waals surface area contributed by atoms with Crippen LogP contribution in [0.1, 0.15) is 33.1 Å². The van der Waals surface area contributed by atoms with Crippen LogP contribution in [0.4, 0.5) is 0 Å². The molecule has 0 aliphatic heterocycles. The third-order valence-electron chi connectivity index (χ3n) is 2.55. The van der Waals surface area contributed by atoms with Gasteiger partial charge in [-0.2, -0.15) is 0 Å². The van der Waals surface area contributed by atoms with E-state index in [1.54, 1.807) is 6.92 Å². The van der Waals surface area contributed by atoms with Crippen molar-refractivity contribution in [2.24, 2.45) is 5.92 Å². The summed E-state index contributed by atoms with van der Waals surface area (Å²) in [5, 5.41) is 11.8. The van der Waals surface area contributed by atoms with Crippen molar-refractivity contribution in [2.45, 2.75) is 45.2 Å². The molecule has 0 aromatic rings. The van der Waals surface area contributed by atoms with Gasteiger partial charge in [0.25, 0.3) is 0 Å². The topological polar surface area (TPSA) is 49.3 Å². The summed E-state index contributed by atoms with van der Waals surface area (Å²) in [6.45, 7) is 3.92. The quantitative estimate of drug-likeness (QED) is 0.671. The smallest absolute Gasteiger partial charge is 0.320 e. The Hall–Kier alpha value is -0.570. The lowest BCUT2D eigenvalue weighted by Gasteiger charge is -2.15. The van der Waals surface area contributed by atoms with E-state index < -0.39 is 12.0 Å². The van der Waals surface area contributed by atoms with Crippen LogP contribution in [-0.2, 0) is 4.79 Å². The van der Waals surface area contributed by atoms with E-state index in [0.717, 1.165) is 18.8 Å². The van der Waals surface area contributed by atoms with Crippen LogP contribution in [0, 0.1) is 5.92 Å². The Morgan fingerprint density at radius 1 is 1.58 bits per heavy atom. The van der Waals surface area contributed by atoms with Crippen LogP contribution in [0.15, 0.2) is 0 Å². The van der Waals surface area contributed by atoms with Crippen molar-refractivity contribution in [3.05, 3.63) is 0 Å². The van der Waals surface area contributed by atoms with Crippen LogP contribution < -0.4 is 5.32 Å². The highest BCUT2D eigenvalue weighted by Gasteiger charge is 2.24. The Kier molecular flexibility index (Phi) is 3.09. The van der Waals surface area contributed by atoms with E-state index in [1.807, 2.05) is 0 Å². The molecule has 0 saturated heterocycles. The summed E-state index contributed by atoms with van der Waals surface area (Å²) in [7, 11) is 0. The summed E-state index contributed by atoms with van der Waals surface area (Å²) in [6.07, 6.45) is 3.47. The van der Waals surface area contributed by atoms with Gasteiger partial charge in [0.05, 0.1) is 0 Å². The Bertz CT molecular complexity index is 170. The number of rotatable bonds is 3. The summed E-state index contributed by atoms with van der Waals surface area (Å²) in [6, 6.07) is 0.0198. The minimum absolute atomic E-state index is 0.403. The molecule has 0 radical (unpaired) electrons. The Morgan fingerprint density at radius 3 is 2.67 bits per heavy atom. The first kappa shape index (κ1) is 9.52. The maximum absolute atomic E-state index is 10.5. The molecule has 70 valence electrons. The summed E-state index contributed by atoms with van der Waals surface area (Å²) < 4.78 is 0. The summed E-state index contributed by atoms with van der Waals surface area (Å²) >= 11 is 0. The molecule has 0 aromatic carbocycles. The molecular weight excluding hydrogens is 154 g/mol. The SMILES string of the molecule is CC1CCC(N[C@H](C)C(=O)O)C1. The molecule has 1 rings (SSSR count). The molecule has 1 saturated carbocycles. The Balaban J connectivity index is 2.27. The highest BCUT2D eigenvalue weighted by Crippen LogP contribution is 2.24. The van der Waals surface area contributed by atoms with Gasteiger partial charge in [-0.25, -0.2) is 0 Å². The van der Waals surface area contributed by atoms with Gasteiger partial charge in [-0.15, -0.1) is 0 Å². The van der Waals surface area contributed by atoms with E-state index in [0.29, 0.717) is 6.04 Å². The van der Waals surface area contributed by atoms with Crippen LogP contribution in [0.25, 0.3) is 0 Å². The minimum Gasteiger partial charge on any atom is -0.480 e. The molecule has 3 heteroatoms. The maximum atomic E-state index is 10.5. The fraction of sp³-hybridized carbons (Fsp3) is 0.889. The third-order valence-corrected chi connectivity index (χ3v) is 2.55. The van der Waals surface area contributed by atoms with E-state index in [-0.39, 0.29) is 0 Å². The Labute approximate surface area is 73.2 Å². The normalized spacial score (nSPS) is 31.8. The minimum atomic E-state index is -0.755. The van der Waals surface area contributed by atoms with Crippen molar-refractivity contribution in [1.29, 1.82) is 0 Å². The van der Waals surface area contributed by atoms with Gasteiger partial charge in [0.1, 0.15) is 6.04 Å². The Morgan fingerprint density at radius 2 is 2.25 bits per heavy atom. The summed E-state index contributed by atoms with van der Waals surface area (Å²) in [4.78, 5) is 10.5. The number of nitrogens with one attached hydrogen (secondary N) is 1. The maximum Gasteiger partial charge on any atom is 0.320 e. The van der Waals surface area contributed by atoms with Gasteiger partial charge in [-0.1, -0.05) is 6.92 Å². The van der Waals surface area contributed by atoms with Crippen molar-refractivity contribution in [3.8, 4) is 0 Å². The number of hydrogen-bond acceptors (Lipinski definition) is 2. The zero-order valence-corrected chi connectivity index (χ0v) is 7.71. The number of carbonyl (C=O) groups is 1. The van der Waals surface area contributed by atoms with Gasteiger partial charge in [-0.05, 0) is 32.1 Å². The predicted molar refractivity (Wildman–Crippen MR) is 47.0 cm³/mol. The second-order valence-corrected chi connectivity index (χ2v) is 3.84. The second-order valence-electron chi connectivity index (χ2n) is 3.84. The molecule has 12 heavy (non-hydrogen) atoms. The highest BCUT2D eigenvalue weighted by molar-refractivity contribution is 5.72. The monoisotopic (exact) mass is 171 g/mol. The molecular formula is C9H17NO2. The molecule has 2 N–H and O–H groups in total. The van der Waals surface area contributed by atoms with Gasteiger partial charge in [0, 0.05) is 6.04 Å². The second kappa shape index (κ2) is 3.90. The largest absolute Gasteiger partial charge is 0.480 e. The number of hydrogen-bond donors (Lipinski definition) is 2. The van der Waals surface area contributed by atoms with Gasteiger partial charge in [0.15, 0.2) is 0 Å². The van der Waals surface area contributed by atoms with Crippen LogP contribution >= 0.6 is 0 Å². The first-order chi connectivity index (χ1) is 5.59. The lowest BCUT2D eigenvalue weighted by atomic mass is 10.1. The van der Waals surface area contributed by atoms with Gasteiger partial charge >= 0.3 is 5.97 Å². The molecule has 1 aliphatic rings. The molecule has 0 aromatic heterocycles. The van der Waals surface area contributed by atoms with Crippen molar-refractivity contribution in [3.63, 3.8) is 0 Å². The van der Waals surface area contributed by atoms with E-state index >= 15 is 0 Å². The summed E-state index contributed by atoms with van der Waals surface area (Å²) in [5.41, 5.74) is 0. The average molecular weight is 171 g/mol. The number of carboxylic acid groups (broad SMARTS) is 1. The standard InChI is InChI=1S/C9H17NO2/c1-6-3-4-8(5-6)10-7(2)9(11)12/h6-8,10H,3-5H2,1-2H3,(H,11,12)/t6?,7-,8?/m1/s1. The highest BCUT2D eigenvalue weighted by atomic mass is 16.4. The van der Waals surface area contributed by atoms with Gasteiger partial charge < -0.3 is 10.4 Å². The van der Waals surface area contributed by atoms with Crippen molar-refractivity contribution in [2.75, 3.05) is 0 Å².